The first kappa shape index (κ1) is 18.1. The van der Waals surface area contributed by atoms with E-state index in [1.54, 1.807) is 6.07 Å². The number of esters is 1. The summed E-state index contributed by atoms with van der Waals surface area (Å²) in [6.07, 6.45) is 1.46. The van der Waals surface area contributed by atoms with E-state index < -0.39 is 23.4 Å². The van der Waals surface area contributed by atoms with Crippen LogP contribution >= 0.6 is 11.6 Å². The first-order valence-corrected chi connectivity index (χ1v) is 7.34. The highest BCUT2D eigenvalue weighted by atomic mass is 35.5. The van der Waals surface area contributed by atoms with Crippen molar-refractivity contribution in [3.05, 3.63) is 57.4 Å². The maximum atomic E-state index is 12.0. The number of pyridine rings is 1. The van der Waals surface area contributed by atoms with Crippen molar-refractivity contribution in [1.82, 2.24) is 4.98 Å². The number of nitro groups is 1. The molecule has 0 aliphatic carbocycles. The minimum atomic E-state index is -0.863. The van der Waals surface area contributed by atoms with Crippen LogP contribution in [0, 0.1) is 10.1 Å². The van der Waals surface area contributed by atoms with Gasteiger partial charge in [-0.05, 0) is 24.3 Å². The largest absolute Gasteiger partial charge is 0.452 e. The highest BCUT2D eigenvalue weighted by Gasteiger charge is 2.18. The molecule has 10 heteroatoms. The number of carbonyl (C=O) groups excluding carboxylic acids is 2. The van der Waals surface area contributed by atoms with Gasteiger partial charge in [-0.1, -0.05) is 11.6 Å². The van der Waals surface area contributed by atoms with Crippen LogP contribution in [0.3, 0.4) is 0 Å². The molecule has 9 nitrogen and oxygen atoms in total. The van der Waals surface area contributed by atoms with Gasteiger partial charge in [-0.15, -0.1) is 0 Å². The van der Waals surface area contributed by atoms with Gasteiger partial charge in [-0.2, -0.15) is 0 Å². The van der Waals surface area contributed by atoms with Gasteiger partial charge in [0.05, 0.1) is 16.2 Å². The van der Waals surface area contributed by atoms with Gasteiger partial charge in [-0.25, -0.2) is 9.78 Å². The molecule has 0 spiro atoms. The van der Waals surface area contributed by atoms with Crippen molar-refractivity contribution < 1.29 is 19.2 Å². The zero-order valence-electron chi connectivity index (χ0n) is 13.0. The quantitative estimate of drug-likeness (QED) is 0.349. The summed E-state index contributed by atoms with van der Waals surface area (Å²) in [5, 5.41) is 16.2. The molecule has 1 amide bonds. The summed E-state index contributed by atoms with van der Waals surface area (Å²) in [7, 11) is 1.52. The lowest BCUT2D eigenvalue weighted by atomic mass is 10.1. The Morgan fingerprint density at radius 3 is 2.72 bits per heavy atom. The van der Waals surface area contributed by atoms with E-state index >= 15 is 0 Å². The number of carbonyl (C=O) groups is 2. The molecule has 130 valence electrons. The Hall–Kier alpha value is -3.20. The van der Waals surface area contributed by atoms with Gasteiger partial charge < -0.3 is 15.4 Å². The molecule has 2 aromatic rings. The normalized spacial score (nSPS) is 10.0. The number of aromatic nitrogens is 1. The topological polar surface area (TPSA) is 123 Å². The monoisotopic (exact) mass is 364 g/mol. The van der Waals surface area contributed by atoms with E-state index in [4.69, 9.17) is 16.3 Å². The van der Waals surface area contributed by atoms with Gasteiger partial charge in [-0.3, -0.25) is 14.9 Å². The van der Waals surface area contributed by atoms with E-state index in [1.165, 1.54) is 31.4 Å². The molecule has 0 radical (unpaired) electrons. The fourth-order valence-electron chi connectivity index (χ4n) is 1.90. The number of benzene rings is 1. The minimum absolute atomic E-state index is 0.0436. The number of nitrogens with one attached hydrogen (secondary N) is 2. The summed E-state index contributed by atoms with van der Waals surface area (Å²) < 4.78 is 4.85. The average Bonchev–Trinajstić information content (AvgIpc) is 2.61. The minimum Gasteiger partial charge on any atom is -0.452 e. The van der Waals surface area contributed by atoms with E-state index in [9.17, 15) is 19.7 Å². The summed E-state index contributed by atoms with van der Waals surface area (Å²) in [6, 6.07) is 6.93. The van der Waals surface area contributed by atoms with Gasteiger partial charge in [0.1, 0.15) is 5.69 Å². The van der Waals surface area contributed by atoms with Crippen LogP contribution in [0.5, 0.6) is 0 Å². The number of anilines is 2. The average molecular weight is 365 g/mol. The molecule has 2 rings (SSSR count). The fourth-order valence-corrected chi connectivity index (χ4v) is 2.07. The SMILES string of the molecule is CNc1ccc(C(=O)OCC(=O)Nc2cccnc2Cl)cc1[N+](=O)[O-]. The predicted octanol–water partition coefficient (Wildman–Crippen LogP) is 2.48. The fraction of sp³-hybridized carbons (Fsp3) is 0.133. The second kappa shape index (κ2) is 8.06. The smallest absolute Gasteiger partial charge is 0.338 e. The molecule has 0 bridgehead atoms. The molecule has 0 aliphatic rings. The van der Waals surface area contributed by atoms with Crippen LogP contribution in [0.4, 0.5) is 17.1 Å². The summed E-state index contributed by atoms with van der Waals surface area (Å²) >= 11 is 5.80. The molecule has 25 heavy (non-hydrogen) atoms. The maximum Gasteiger partial charge on any atom is 0.338 e. The van der Waals surface area contributed by atoms with Gasteiger partial charge in [0.25, 0.3) is 11.6 Å². The number of amides is 1. The van der Waals surface area contributed by atoms with E-state index in [1.807, 2.05) is 0 Å². The molecule has 1 aromatic carbocycles. The molecule has 2 N–H and O–H groups in total. The molecular weight excluding hydrogens is 352 g/mol. The van der Waals surface area contributed by atoms with Gasteiger partial charge >= 0.3 is 5.97 Å². The van der Waals surface area contributed by atoms with Crippen LogP contribution in [0.15, 0.2) is 36.5 Å². The van der Waals surface area contributed by atoms with E-state index in [-0.39, 0.29) is 27.8 Å². The van der Waals surface area contributed by atoms with Crippen molar-refractivity contribution in [2.75, 3.05) is 24.3 Å². The number of nitro benzene ring substituents is 1. The Labute approximate surface area is 147 Å². The number of rotatable bonds is 6. The van der Waals surface area contributed by atoms with Crippen LogP contribution in [0.1, 0.15) is 10.4 Å². The van der Waals surface area contributed by atoms with Crippen molar-refractivity contribution in [1.29, 1.82) is 0 Å². The zero-order valence-corrected chi connectivity index (χ0v) is 13.7. The number of hydrogen-bond donors (Lipinski definition) is 2. The highest BCUT2D eigenvalue weighted by Crippen LogP contribution is 2.25. The third-order valence-electron chi connectivity index (χ3n) is 3.07. The molecule has 0 aliphatic heterocycles. The lowest BCUT2D eigenvalue weighted by Crippen LogP contribution is -2.21. The van der Waals surface area contributed by atoms with Crippen LogP contribution in [-0.4, -0.2) is 35.4 Å². The predicted molar refractivity (Wildman–Crippen MR) is 90.8 cm³/mol. The van der Waals surface area contributed by atoms with Crippen LogP contribution in [0.2, 0.25) is 5.15 Å². The Balaban J connectivity index is 2.00. The standard InChI is InChI=1S/C15H13ClN4O5/c1-17-10-5-4-9(7-12(10)20(23)24)15(22)25-8-13(21)19-11-3-2-6-18-14(11)16/h2-7,17H,8H2,1H3,(H,19,21). The third kappa shape index (κ3) is 4.64. The number of nitrogens with zero attached hydrogens (tertiary/aromatic N) is 2. The molecule has 0 saturated carbocycles. The first-order chi connectivity index (χ1) is 11.9. The maximum absolute atomic E-state index is 12.0. The lowest BCUT2D eigenvalue weighted by molar-refractivity contribution is -0.384. The molecule has 1 heterocycles. The van der Waals surface area contributed by atoms with E-state index in [0.717, 1.165) is 6.07 Å². The second-order valence-electron chi connectivity index (χ2n) is 4.71. The Morgan fingerprint density at radius 1 is 1.32 bits per heavy atom. The molecule has 0 unspecified atom stereocenters. The Kier molecular flexibility index (Phi) is 5.85. The Morgan fingerprint density at radius 2 is 2.08 bits per heavy atom. The first-order valence-electron chi connectivity index (χ1n) is 6.96. The van der Waals surface area contributed by atoms with Gasteiger partial charge in [0, 0.05) is 19.3 Å². The number of hydrogen-bond acceptors (Lipinski definition) is 7. The second-order valence-corrected chi connectivity index (χ2v) is 5.06. The van der Waals surface area contributed by atoms with Crippen molar-refractivity contribution in [3.63, 3.8) is 0 Å². The van der Waals surface area contributed by atoms with Crippen molar-refractivity contribution >= 4 is 40.5 Å². The zero-order chi connectivity index (χ0) is 18.4. The van der Waals surface area contributed by atoms with Crippen LogP contribution in [0.25, 0.3) is 0 Å². The van der Waals surface area contributed by atoms with Crippen LogP contribution in [-0.2, 0) is 9.53 Å². The van der Waals surface area contributed by atoms with E-state index in [2.05, 4.69) is 15.6 Å². The summed E-state index contributed by atoms with van der Waals surface area (Å²) in [5.41, 5.74) is 0.214. The third-order valence-corrected chi connectivity index (χ3v) is 3.37. The number of ether oxygens (including phenoxy) is 1. The summed E-state index contributed by atoms with van der Waals surface area (Å²) in [5.74, 6) is -1.48. The van der Waals surface area contributed by atoms with Gasteiger partial charge in [0.15, 0.2) is 11.8 Å². The van der Waals surface area contributed by atoms with Crippen molar-refractivity contribution in [3.8, 4) is 0 Å². The molecule has 1 aromatic heterocycles. The molecule has 0 saturated heterocycles. The van der Waals surface area contributed by atoms with Crippen molar-refractivity contribution in [2.24, 2.45) is 0 Å². The van der Waals surface area contributed by atoms with E-state index in [0.29, 0.717) is 0 Å². The van der Waals surface area contributed by atoms with Crippen molar-refractivity contribution in [2.45, 2.75) is 0 Å². The van der Waals surface area contributed by atoms with Gasteiger partial charge in [0.2, 0.25) is 0 Å². The number of halogens is 1. The van der Waals surface area contributed by atoms with Crippen LogP contribution < -0.4 is 10.6 Å². The molecular formula is C15H13ClN4O5. The molecule has 0 fully saturated rings. The lowest BCUT2D eigenvalue weighted by Gasteiger charge is -2.08. The summed E-state index contributed by atoms with van der Waals surface area (Å²) in [6.45, 7) is -0.578. The Bertz CT molecular complexity index is 827. The highest BCUT2D eigenvalue weighted by molar-refractivity contribution is 6.32. The molecule has 0 atom stereocenters. The summed E-state index contributed by atoms with van der Waals surface area (Å²) in [4.78, 5) is 37.9.